The number of aliphatic imine (C=N–C) groups is 1. The highest BCUT2D eigenvalue weighted by atomic mass is 16.5. The second-order valence-corrected chi connectivity index (χ2v) is 7.77. The van der Waals surface area contributed by atoms with E-state index in [-0.39, 0.29) is 6.10 Å². The average molecular weight is 373 g/mol. The molecule has 150 valence electrons. The maximum atomic E-state index is 6.03. The molecule has 1 aromatic rings. The molecule has 5 nitrogen and oxygen atoms in total. The molecule has 3 rings (SSSR count). The van der Waals surface area contributed by atoms with Gasteiger partial charge in [0.25, 0.3) is 0 Å². The van der Waals surface area contributed by atoms with Crippen molar-refractivity contribution in [2.45, 2.75) is 32.8 Å². The van der Waals surface area contributed by atoms with E-state index in [4.69, 9.17) is 4.74 Å². The molecule has 0 aliphatic carbocycles. The minimum Gasteiger partial charge on any atom is -0.373 e. The Morgan fingerprint density at radius 2 is 2.00 bits per heavy atom. The van der Waals surface area contributed by atoms with Gasteiger partial charge in [0.15, 0.2) is 5.96 Å². The fourth-order valence-electron chi connectivity index (χ4n) is 4.43. The fraction of sp³-hybridized carbons (Fsp3) is 0.682. The van der Waals surface area contributed by atoms with Crippen LogP contribution in [0, 0.1) is 11.8 Å². The van der Waals surface area contributed by atoms with Gasteiger partial charge in [-0.1, -0.05) is 44.2 Å². The van der Waals surface area contributed by atoms with Gasteiger partial charge in [0.1, 0.15) is 0 Å². The number of nitrogens with one attached hydrogen (secondary N) is 1. The fourth-order valence-corrected chi connectivity index (χ4v) is 4.43. The third-order valence-electron chi connectivity index (χ3n) is 6.07. The molecular formula is C22H36N4O. The Morgan fingerprint density at radius 1 is 1.22 bits per heavy atom. The van der Waals surface area contributed by atoms with E-state index in [1.165, 1.54) is 18.5 Å². The molecule has 0 amide bonds. The van der Waals surface area contributed by atoms with Gasteiger partial charge in [0.05, 0.1) is 6.10 Å². The molecule has 2 aliphatic heterocycles. The summed E-state index contributed by atoms with van der Waals surface area (Å²) >= 11 is 0. The van der Waals surface area contributed by atoms with Crippen molar-refractivity contribution in [2.75, 3.05) is 52.9 Å². The van der Waals surface area contributed by atoms with E-state index < -0.39 is 0 Å². The van der Waals surface area contributed by atoms with E-state index >= 15 is 0 Å². The maximum Gasteiger partial charge on any atom is 0.193 e. The van der Waals surface area contributed by atoms with Crippen molar-refractivity contribution in [1.82, 2.24) is 15.1 Å². The molecule has 0 saturated carbocycles. The van der Waals surface area contributed by atoms with E-state index in [1.54, 1.807) is 0 Å². The Kier molecular flexibility index (Phi) is 7.53. The zero-order chi connectivity index (χ0) is 19.1. The number of guanidine groups is 1. The van der Waals surface area contributed by atoms with E-state index in [0.717, 1.165) is 57.6 Å². The second-order valence-electron chi connectivity index (χ2n) is 7.77. The summed E-state index contributed by atoms with van der Waals surface area (Å²) in [4.78, 5) is 9.52. The number of hydrogen-bond donors (Lipinski definition) is 1. The predicted molar refractivity (Wildman–Crippen MR) is 112 cm³/mol. The van der Waals surface area contributed by atoms with Crippen LogP contribution in [0.25, 0.3) is 0 Å². The molecule has 5 heteroatoms. The largest absolute Gasteiger partial charge is 0.373 e. The lowest BCUT2D eigenvalue weighted by Gasteiger charge is -2.26. The van der Waals surface area contributed by atoms with Crippen molar-refractivity contribution in [3.8, 4) is 0 Å². The van der Waals surface area contributed by atoms with Gasteiger partial charge < -0.3 is 19.9 Å². The van der Waals surface area contributed by atoms with Crippen LogP contribution in [0.5, 0.6) is 0 Å². The first-order valence-corrected chi connectivity index (χ1v) is 10.6. The molecule has 1 aromatic carbocycles. The Hall–Kier alpha value is -1.59. The second kappa shape index (κ2) is 10.1. The molecule has 27 heavy (non-hydrogen) atoms. The monoisotopic (exact) mass is 372 g/mol. The molecule has 0 bridgehead atoms. The van der Waals surface area contributed by atoms with Crippen molar-refractivity contribution in [1.29, 1.82) is 0 Å². The summed E-state index contributed by atoms with van der Waals surface area (Å²) < 4.78 is 6.03. The van der Waals surface area contributed by atoms with Gasteiger partial charge >= 0.3 is 0 Å². The SMILES string of the molecule is CCN(CC)CC1CCN(C(=NC)NCC2CCOC2c2ccccc2)C1. The minimum atomic E-state index is 0.200. The number of ether oxygens (including phenoxy) is 1. The number of rotatable bonds is 7. The van der Waals surface area contributed by atoms with Gasteiger partial charge in [-0.25, -0.2) is 0 Å². The van der Waals surface area contributed by atoms with Crippen LogP contribution in [-0.2, 0) is 4.74 Å². The predicted octanol–water partition coefficient (Wildman–Crippen LogP) is 3.00. The first-order valence-electron chi connectivity index (χ1n) is 10.6. The van der Waals surface area contributed by atoms with Crippen LogP contribution >= 0.6 is 0 Å². The topological polar surface area (TPSA) is 40.1 Å². The summed E-state index contributed by atoms with van der Waals surface area (Å²) in [6.07, 6.45) is 2.57. The van der Waals surface area contributed by atoms with Crippen LogP contribution in [0.3, 0.4) is 0 Å². The molecule has 0 aromatic heterocycles. The molecule has 0 radical (unpaired) electrons. The first-order chi connectivity index (χ1) is 13.2. The highest BCUT2D eigenvalue weighted by Gasteiger charge is 2.31. The quantitative estimate of drug-likeness (QED) is 0.590. The minimum absolute atomic E-state index is 0.200. The lowest BCUT2D eigenvalue weighted by atomic mass is 9.95. The van der Waals surface area contributed by atoms with Crippen molar-refractivity contribution < 1.29 is 4.74 Å². The Labute approximate surface area is 164 Å². The first kappa shape index (κ1) is 20.2. The van der Waals surface area contributed by atoms with Crippen molar-refractivity contribution in [3.63, 3.8) is 0 Å². The summed E-state index contributed by atoms with van der Waals surface area (Å²) in [7, 11) is 1.90. The Balaban J connectivity index is 1.51. The van der Waals surface area contributed by atoms with Gasteiger partial charge in [-0.05, 0) is 37.4 Å². The summed E-state index contributed by atoms with van der Waals surface area (Å²) in [5, 5.41) is 3.64. The smallest absolute Gasteiger partial charge is 0.193 e. The normalized spacial score (nSPS) is 26.1. The lowest BCUT2D eigenvalue weighted by Crippen LogP contribution is -2.43. The van der Waals surface area contributed by atoms with Crippen LogP contribution in [0.4, 0.5) is 0 Å². The highest BCUT2D eigenvalue weighted by Crippen LogP contribution is 2.34. The van der Waals surface area contributed by atoms with Crippen molar-refractivity contribution in [2.24, 2.45) is 16.8 Å². The Morgan fingerprint density at radius 3 is 2.70 bits per heavy atom. The zero-order valence-electron chi connectivity index (χ0n) is 17.2. The molecule has 3 atom stereocenters. The molecular weight excluding hydrogens is 336 g/mol. The maximum absolute atomic E-state index is 6.03. The molecule has 2 heterocycles. The van der Waals surface area contributed by atoms with E-state index in [1.807, 2.05) is 7.05 Å². The number of nitrogens with zero attached hydrogens (tertiary/aromatic N) is 3. The van der Waals surface area contributed by atoms with Gasteiger partial charge in [0, 0.05) is 45.8 Å². The van der Waals surface area contributed by atoms with Crippen LogP contribution in [0.2, 0.25) is 0 Å². The zero-order valence-corrected chi connectivity index (χ0v) is 17.2. The van der Waals surface area contributed by atoms with Crippen LogP contribution in [0.1, 0.15) is 38.4 Å². The van der Waals surface area contributed by atoms with Crippen LogP contribution in [-0.4, -0.2) is 68.7 Å². The van der Waals surface area contributed by atoms with Gasteiger partial charge in [-0.15, -0.1) is 0 Å². The summed E-state index contributed by atoms with van der Waals surface area (Å²) in [6, 6.07) is 10.6. The van der Waals surface area contributed by atoms with E-state index in [2.05, 4.69) is 64.3 Å². The standard InChI is InChI=1S/C22H36N4O/c1-4-25(5-2)16-18-11-13-26(17-18)22(23-3)24-15-20-12-14-27-21(20)19-9-7-6-8-10-19/h6-10,18,20-21H,4-5,11-17H2,1-3H3,(H,23,24). The number of benzene rings is 1. The molecule has 2 fully saturated rings. The molecule has 2 saturated heterocycles. The number of likely N-dealkylation sites (tertiary alicyclic amines) is 1. The van der Waals surface area contributed by atoms with Gasteiger partial charge in [-0.3, -0.25) is 4.99 Å². The van der Waals surface area contributed by atoms with Crippen molar-refractivity contribution in [3.05, 3.63) is 35.9 Å². The third kappa shape index (κ3) is 5.23. The van der Waals surface area contributed by atoms with Gasteiger partial charge in [-0.2, -0.15) is 0 Å². The summed E-state index contributed by atoms with van der Waals surface area (Å²) in [5.74, 6) is 2.30. The summed E-state index contributed by atoms with van der Waals surface area (Å²) in [6.45, 7) is 12.0. The molecule has 0 spiro atoms. The molecule has 1 N–H and O–H groups in total. The number of hydrogen-bond acceptors (Lipinski definition) is 3. The van der Waals surface area contributed by atoms with Crippen LogP contribution in [0.15, 0.2) is 35.3 Å². The van der Waals surface area contributed by atoms with E-state index in [0.29, 0.717) is 5.92 Å². The highest BCUT2D eigenvalue weighted by molar-refractivity contribution is 5.80. The Bertz CT molecular complexity index is 587. The van der Waals surface area contributed by atoms with Crippen LogP contribution < -0.4 is 5.32 Å². The third-order valence-corrected chi connectivity index (χ3v) is 6.07. The molecule has 3 unspecified atom stereocenters. The molecule has 2 aliphatic rings. The van der Waals surface area contributed by atoms with Gasteiger partial charge in [0.2, 0.25) is 0 Å². The van der Waals surface area contributed by atoms with Crippen molar-refractivity contribution >= 4 is 5.96 Å². The summed E-state index contributed by atoms with van der Waals surface area (Å²) in [5.41, 5.74) is 1.29. The van der Waals surface area contributed by atoms with E-state index in [9.17, 15) is 0 Å². The average Bonchev–Trinajstić information content (AvgIpc) is 3.37. The lowest BCUT2D eigenvalue weighted by molar-refractivity contribution is 0.0914.